The maximum atomic E-state index is 12.3. The molecule has 0 radical (unpaired) electrons. The highest BCUT2D eigenvalue weighted by atomic mass is 32.1. The zero-order valence-electron chi connectivity index (χ0n) is 14.9. The first-order valence-corrected chi connectivity index (χ1v) is 9.50. The highest BCUT2D eigenvalue weighted by molar-refractivity contribution is 7.14. The van der Waals surface area contributed by atoms with Crippen molar-refractivity contribution < 1.29 is 9.53 Å². The minimum absolute atomic E-state index is 0.0825. The number of esters is 1. The van der Waals surface area contributed by atoms with Crippen LogP contribution in [0.3, 0.4) is 0 Å². The molecule has 0 saturated heterocycles. The number of hydrogen-bond acceptors (Lipinski definition) is 7. The van der Waals surface area contributed by atoms with Gasteiger partial charge in [-0.1, -0.05) is 36.4 Å². The van der Waals surface area contributed by atoms with Crippen LogP contribution in [0.5, 0.6) is 0 Å². The van der Waals surface area contributed by atoms with E-state index in [-0.39, 0.29) is 12.3 Å². The Labute approximate surface area is 165 Å². The summed E-state index contributed by atoms with van der Waals surface area (Å²) >= 11 is 1.32. The topological polar surface area (TPSA) is 81.9 Å². The molecule has 0 saturated carbocycles. The van der Waals surface area contributed by atoms with Gasteiger partial charge in [0, 0.05) is 30.5 Å². The number of ether oxygens (including phenoxy) is 1. The lowest BCUT2D eigenvalue weighted by molar-refractivity contribution is 0.0452. The van der Waals surface area contributed by atoms with Crippen LogP contribution in [0.2, 0.25) is 0 Å². The number of imidazole rings is 1. The molecule has 0 bridgehead atoms. The minimum Gasteiger partial charge on any atom is -0.453 e. The summed E-state index contributed by atoms with van der Waals surface area (Å²) in [5, 5.41) is 5.29. The molecule has 0 unspecified atom stereocenters. The van der Waals surface area contributed by atoms with E-state index in [1.807, 2.05) is 59.3 Å². The molecule has 0 aliphatic heterocycles. The Balaban J connectivity index is 1.36. The second-order valence-electron chi connectivity index (χ2n) is 5.91. The van der Waals surface area contributed by atoms with Crippen molar-refractivity contribution in [1.29, 1.82) is 0 Å². The van der Waals surface area contributed by atoms with Crippen molar-refractivity contribution in [3.8, 4) is 0 Å². The number of aromatic nitrogens is 4. The largest absolute Gasteiger partial charge is 0.453 e. The van der Waals surface area contributed by atoms with Crippen LogP contribution in [0.15, 0.2) is 72.5 Å². The van der Waals surface area contributed by atoms with E-state index in [1.165, 1.54) is 11.3 Å². The van der Waals surface area contributed by atoms with Gasteiger partial charge in [0.2, 0.25) is 0 Å². The van der Waals surface area contributed by atoms with Crippen LogP contribution in [0.1, 0.15) is 21.9 Å². The van der Waals surface area contributed by atoms with Crippen LogP contribution in [-0.2, 0) is 17.9 Å². The highest BCUT2D eigenvalue weighted by Gasteiger charge is 2.14. The fourth-order valence-corrected chi connectivity index (χ4v) is 3.27. The van der Waals surface area contributed by atoms with Crippen LogP contribution in [0, 0.1) is 0 Å². The predicted octanol–water partition coefficient (Wildman–Crippen LogP) is 3.88. The van der Waals surface area contributed by atoms with Crippen molar-refractivity contribution in [3.05, 3.63) is 89.6 Å². The molecule has 1 N–H and O–H groups in total. The second-order valence-corrected chi connectivity index (χ2v) is 6.77. The molecule has 0 fully saturated rings. The molecule has 7 nitrogen and oxygen atoms in total. The predicted molar refractivity (Wildman–Crippen MR) is 107 cm³/mol. The zero-order chi connectivity index (χ0) is 19.2. The lowest BCUT2D eigenvalue weighted by Gasteiger charge is -2.08. The molecule has 4 rings (SSSR count). The first kappa shape index (κ1) is 17.9. The third-order valence-electron chi connectivity index (χ3n) is 3.94. The van der Waals surface area contributed by atoms with E-state index in [0.29, 0.717) is 23.3 Å². The van der Waals surface area contributed by atoms with Crippen LogP contribution in [0.4, 0.5) is 10.9 Å². The maximum Gasteiger partial charge on any atom is 0.358 e. The average molecular weight is 391 g/mol. The van der Waals surface area contributed by atoms with Gasteiger partial charge in [-0.2, -0.15) is 0 Å². The van der Waals surface area contributed by atoms with Gasteiger partial charge in [-0.15, -0.1) is 11.3 Å². The quantitative estimate of drug-likeness (QED) is 0.482. The standard InChI is InChI=1S/C20H17N5O2S/c26-19(16-14-28-20(23-16)24-17-8-4-5-9-21-17)27-13-18-22-10-11-25(18)12-15-6-2-1-3-7-15/h1-11,14H,12-13H2,(H,21,23,24). The molecule has 140 valence electrons. The van der Waals surface area contributed by atoms with Crippen molar-refractivity contribution in [2.45, 2.75) is 13.2 Å². The van der Waals surface area contributed by atoms with Gasteiger partial charge < -0.3 is 14.6 Å². The van der Waals surface area contributed by atoms with Gasteiger partial charge in [-0.3, -0.25) is 0 Å². The van der Waals surface area contributed by atoms with Gasteiger partial charge in [0.15, 0.2) is 10.8 Å². The van der Waals surface area contributed by atoms with Gasteiger partial charge in [0.05, 0.1) is 0 Å². The number of hydrogen-bond donors (Lipinski definition) is 1. The summed E-state index contributed by atoms with van der Waals surface area (Å²) in [6, 6.07) is 15.6. The molecule has 8 heteroatoms. The van der Waals surface area contributed by atoms with Crippen LogP contribution < -0.4 is 5.32 Å². The Hall–Kier alpha value is -3.52. The van der Waals surface area contributed by atoms with E-state index in [1.54, 1.807) is 17.8 Å². The fourth-order valence-electron chi connectivity index (χ4n) is 2.58. The molecule has 1 aromatic carbocycles. The third kappa shape index (κ3) is 4.41. The molecule has 4 aromatic rings. The number of thiazole rings is 1. The molecule has 0 atom stereocenters. The monoisotopic (exact) mass is 391 g/mol. The number of anilines is 2. The van der Waals surface area contributed by atoms with Gasteiger partial charge in [-0.25, -0.2) is 19.7 Å². The highest BCUT2D eigenvalue weighted by Crippen LogP contribution is 2.20. The van der Waals surface area contributed by atoms with E-state index in [4.69, 9.17) is 4.74 Å². The van der Waals surface area contributed by atoms with E-state index < -0.39 is 5.97 Å². The molecule has 0 aliphatic rings. The number of nitrogens with one attached hydrogen (secondary N) is 1. The summed E-state index contributed by atoms with van der Waals surface area (Å²) in [6.45, 7) is 0.752. The number of carbonyl (C=O) groups is 1. The number of carbonyl (C=O) groups excluding carboxylic acids is 1. The molecular weight excluding hydrogens is 374 g/mol. The Morgan fingerprint density at radius 3 is 2.75 bits per heavy atom. The Bertz CT molecular complexity index is 1050. The van der Waals surface area contributed by atoms with E-state index in [2.05, 4.69) is 20.3 Å². The summed E-state index contributed by atoms with van der Waals surface area (Å²) in [4.78, 5) is 25.0. The first-order chi connectivity index (χ1) is 13.8. The summed E-state index contributed by atoms with van der Waals surface area (Å²) in [6.07, 6.45) is 5.25. The Morgan fingerprint density at radius 2 is 1.93 bits per heavy atom. The summed E-state index contributed by atoms with van der Waals surface area (Å²) < 4.78 is 7.35. The summed E-state index contributed by atoms with van der Waals surface area (Å²) in [5.74, 6) is 0.860. The van der Waals surface area contributed by atoms with Crippen molar-refractivity contribution in [2.24, 2.45) is 0 Å². The second kappa shape index (κ2) is 8.45. The normalized spacial score (nSPS) is 10.6. The Kier molecular flexibility index (Phi) is 5.39. The van der Waals surface area contributed by atoms with Gasteiger partial charge >= 0.3 is 5.97 Å². The number of nitrogens with zero attached hydrogens (tertiary/aromatic N) is 4. The average Bonchev–Trinajstić information content (AvgIpc) is 3.37. The maximum absolute atomic E-state index is 12.3. The molecule has 0 spiro atoms. The fraction of sp³-hybridized carbons (Fsp3) is 0.100. The molecule has 0 aliphatic carbocycles. The van der Waals surface area contributed by atoms with E-state index in [9.17, 15) is 4.79 Å². The molecule has 28 heavy (non-hydrogen) atoms. The van der Waals surface area contributed by atoms with E-state index >= 15 is 0 Å². The van der Waals surface area contributed by atoms with Gasteiger partial charge in [-0.05, 0) is 17.7 Å². The van der Waals surface area contributed by atoms with Crippen molar-refractivity contribution in [3.63, 3.8) is 0 Å². The van der Waals surface area contributed by atoms with Crippen molar-refractivity contribution in [1.82, 2.24) is 19.5 Å². The van der Waals surface area contributed by atoms with Gasteiger partial charge in [0.1, 0.15) is 18.2 Å². The lowest BCUT2D eigenvalue weighted by atomic mass is 10.2. The minimum atomic E-state index is -0.486. The smallest absolute Gasteiger partial charge is 0.358 e. The summed E-state index contributed by atoms with van der Waals surface area (Å²) in [7, 11) is 0. The molecule has 0 amide bonds. The molecule has 3 aromatic heterocycles. The van der Waals surface area contributed by atoms with Gasteiger partial charge in [0.25, 0.3) is 0 Å². The number of benzene rings is 1. The molecule has 3 heterocycles. The number of pyridine rings is 1. The zero-order valence-corrected chi connectivity index (χ0v) is 15.7. The SMILES string of the molecule is O=C(OCc1nccn1Cc1ccccc1)c1csc(Nc2ccccn2)n1. The number of rotatable bonds is 7. The van der Waals surface area contributed by atoms with Crippen molar-refractivity contribution in [2.75, 3.05) is 5.32 Å². The first-order valence-electron chi connectivity index (χ1n) is 8.62. The van der Waals surface area contributed by atoms with Crippen LogP contribution in [0.25, 0.3) is 0 Å². The third-order valence-corrected chi connectivity index (χ3v) is 4.70. The van der Waals surface area contributed by atoms with E-state index in [0.717, 1.165) is 5.56 Å². The van der Waals surface area contributed by atoms with Crippen LogP contribution >= 0.6 is 11.3 Å². The van der Waals surface area contributed by atoms with Crippen LogP contribution in [-0.4, -0.2) is 25.5 Å². The summed E-state index contributed by atoms with van der Waals surface area (Å²) in [5.41, 5.74) is 1.41. The van der Waals surface area contributed by atoms with Crippen molar-refractivity contribution >= 4 is 28.3 Å². The lowest BCUT2D eigenvalue weighted by Crippen LogP contribution is -2.10. The molecular formula is C20H17N5O2S. The Morgan fingerprint density at radius 1 is 1.07 bits per heavy atom.